The van der Waals surface area contributed by atoms with Gasteiger partial charge in [-0.2, -0.15) is 0 Å². The maximum Gasteiger partial charge on any atom is 0.404 e. The van der Waals surface area contributed by atoms with Gasteiger partial charge in [0, 0.05) is 0 Å². The van der Waals surface area contributed by atoms with E-state index in [1.54, 1.807) is 24.3 Å². The lowest BCUT2D eigenvalue weighted by Crippen LogP contribution is -2.24. The molecule has 0 saturated carbocycles. The van der Waals surface area contributed by atoms with Gasteiger partial charge in [0.15, 0.2) is 0 Å². The minimum Gasteiger partial charge on any atom is -0.491 e. The van der Waals surface area contributed by atoms with E-state index in [0.29, 0.717) is 24.7 Å². The van der Waals surface area contributed by atoms with Crippen LogP contribution in [-0.4, -0.2) is 47.3 Å². The van der Waals surface area contributed by atoms with Gasteiger partial charge in [0.05, 0.1) is 18.9 Å². The summed E-state index contributed by atoms with van der Waals surface area (Å²) in [5.74, 6) is 0.561. The fourth-order valence-electron chi connectivity index (χ4n) is 1.76. The van der Waals surface area contributed by atoms with Crippen LogP contribution in [0.25, 0.3) is 5.69 Å². The Bertz CT molecular complexity index is 717. The van der Waals surface area contributed by atoms with Gasteiger partial charge in [-0.05, 0) is 24.3 Å². The number of carbonyl (C=O) groups is 1. The van der Waals surface area contributed by atoms with Gasteiger partial charge in [0.2, 0.25) is 0 Å². The van der Waals surface area contributed by atoms with Crippen molar-refractivity contribution in [2.75, 3.05) is 26.4 Å². The van der Waals surface area contributed by atoms with Crippen LogP contribution in [0.3, 0.4) is 0 Å². The smallest absolute Gasteiger partial charge is 0.404 e. The van der Waals surface area contributed by atoms with Gasteiger partial charge in [0.25, 0.3) is 0 Å². The van der Waals surface area contributed by atoms with Gasteiger partial charge < -0.3 is 19.9 Å². The van der Waals surface area contributed by atoms with Crippen LogP contribution in [0.2, 0.25) is 0 Å². The molecule has 124 valence electrons. The van der Waals surface area contributed by atoms with Crippen molar-refractivity contribution in [3.63, 3.8) is 0 Å². The first kappa shape index (κ1) is 16.4. The van der Waals surface area contributed by atoms with Crippen molar-refractivity contribution < 1.29 is 19.0 Å². The number of carbonyl (C=O) groups excluding carboxylic acids is 1. The maximum atomic E-state index is 11.5. The molecule has 1 aromatic heterocycles. The Morgan fingerprint density at radius 3 is 2.22 bits per heavy atom. The molecule has 0 saturated heterocycles. The van der Waals surface area contributed by atoms with E-state index < -0.39 is 17.5 Å². The molecule has 10 nitrogen and oxygen atoms in total. The number of amides is 1. The standard InChI is InChI=1S/C13H16N4O6/c14-11(18)23-8-6-21-5-7-22-10-3-1-9(2-4-10)17-12(19)15-16-13(17)20/h1-4H,5-8H2,(H2,14,18)(H,15,19)(H,16,20). The van der Waals surface area contributed by atoms with Crippen LogP contribution in [0.4, 0.5) is 4.79 Å². The molecule has 0 aliphatic heterocycles. The van der Waals surface area contributed by atoms with E-state index in [1.807, 2.05) is 0 Å². The van der Waals surface area contributed by atoms with Crippen molar-refractivity contribution in [2.24, 2.45) is 5.73 Å². The third-order valence-corrected chi connectivity index (χ3v) is 2.75. The summed E-state index contributed by atoms with van der Waals surface area (Å²) in [6.45, 7) is 0.913. The minimum atomic E-state index is -0.842. The number of nitrogens with zero attached hydrogens (tertiary/aromatic N) is 1. The number of hydrogen-bond acceptors (Lipinski definition) is 6. The first-order valence-electron chi connectivity index (χ1n) is 6.71. The number of nitrogens with one attached hydrogen (secondary N) is 2. The highest BCUT2D eigenvalue weighted by atomic mass is 16.6. The second-order valence-corrected chi connectivity index (χ2v) is 4.32. The average molecular weight is 324 g/mol. The number of primary amides is 1. The van der Waals surface area contributed by atoms with E-state index in [2.05, 4.69) is 14.9 Å². The maximum absolute atomic E-state index is 11.5. The van der Waals surface area contributed by atoms with E-state index in [4.69, 9.17) is 15.2 Å². The molecule has 0 spiro atoms. The third-order valence-electron chi connectivity index (χ3n) is 2.75. The first-order valence-corrected chi connectivity index (χ1v) is 6.71. The zero-order chi connectivity index (χ0) is 16.7. The molecular weight excluding hydrogens is 308 g/mol. The van der Waals surface area contributed by atoms with E-state index in [0.717, 1.165) is 4.57 Å². The lowest BCUT2D eigenvalue weighted by atomic mass is 10.3. The summed E-state index contributed by atoms with van der Waals surface area (Å²) in [4.78, 5) is 33.2. The summed E-state index contributed by atoms with van der Waals surface area (Å²) in [7, 11) is 0. The van der Waals surface area contributed by atoms with Gasteiger partial charge in [-0.1, -0.05) is 0 Å². The van der Waals surface area contributed by atoms with Crippen LogP contribution in [0.15, 0.2) is 33.9 Å². The Balaban J connectivity index is 1.77. The molecule has 2 aromatic rings. The SMILES string of the molecule is NC(=O)OCCOCCOc1ccc(-n2c(=O)[nH][nH]c2=O)cc1. The third kappa shape index (κ3) is 4.74. The number of aromatic nitrogens is 3. The number of H-pyrrole nitrogens is 2. The van der Waals surface area contributed by atoms with E-state index in [9.17, 15) is 14.4 Å². The molecule has 10 heteroatoms. The average Bonchev–Trinajstić information content (AvgIpc) is 2.86. The first-order chi connectivity index (χ1) is 11.1. The normalized spacial score (nSPS) is 10.4. The molecule has 1 aromatic carbocycles. The molecule has 0 fully saturated rings. The van der Waals surface area contributed by atoms with Gasteiger partial charge in [-0.25, -0.2) is 29.1 Å². The fourth-order valence-corrected chi connectivity index (χ4v) is 1.76. The summed E-state index contributed by atoms with van der Waals surface area (Å²) in [5.41, 5.74) is 4.12. The molecule has 0 aliphatic rings. The number of ether oxygens (including phenoxy) is 3. The fraction of sp³-hybridized carbons (Fsp3) is 0.308. The number of aromatic amines is 2. The van der Waals surface area contributed by atoms with E-state index >= 15 is 0 Å². The van der Waals surface area contributed by atoms with Crippen LogP contribution >= 0.6 is 0 Å². The number of hydrogen-bond donors (Lipinski definition) is 3. The lowest BCUT2D eigenvalue weighted by molar-refractivity contribution is 0.0605. The Labute approximate surface area is 129 Å². The van der Waals surface area contributed by atoms with Crippen molar-refractivity contribution in [3.05, 3.63) is 45.2 Å². The van der Waals surface area contributed by atoms with E-state index in [1.165, 1.54) is 0 Å². The van der Waals surface area contributed by atoms with E-state index in [-0.39, 0.29) is 13.2 Å². The Morgan fingerprint density at radius 2 is 1.61 bits per heavy atom. The number of nitrogens with two attached hydrogens (primary N) is 1. The Morgan fingerprint density at radius 1 is 1.00 bits per heavy atom. The molecule has 1 heterocycles. The molecule has 4 N–H and O–H groups in total. The molecule has 1 amide bonds. The predicted molar refractivity (Wildman–Crippen MR) is 78.9 cm³/mol. The van der Waals surface area contributed by atoms with Crippen LogP contribution in [0.5, 0.6) is 5.75 Å². The second-order valence-electron chi connectivity index (χ2n) is 4.32. The van der Waals surface area contributed by atoms with Crippen molar-refractivity contribution >= 4 is 6.09 Å². The van der Waals surface area contributed by atoms with Crippen LogP contribution in [0, 0.1) is 0 Å². The summed E-state index contributed by atoms with van der Waals surface area (Å²) in [5, 5.41) is 4.40. The van der Waals surface area contributed by atoms with Crippen molar-refractivity contribution in [3.8, 4) is 11.4 Å². The molecule has 0 aliphatic carbocycles. The van der Waals surface area contributed by atoms with Gasteiger partial charge in [0.1, 0.15) is 19.0 Å². The van der Waals surface area contributed by atoms with Crippen LogP contribution < -0.4 is 21.9 Å². The Hall–Kier alpha value is -3.01. The summed E-state index contributed by atoms with van der Waals surface area (Å²) >= 11 is 0. The molecular formula is C13H16N4O6. The summed E-state index contributed by atoms with van der Waals surface area (Å²) in [6.07, 6.45) is -0.842. The monoisotopic (exact) mass is 324 g/mol. The highest BCUT2D eigenvalue weighted by Crippen LogP contribution is 2.13. The summed E-state index contributed by atoms with van der Waals surface area (Å²) in [6, 6.07) is 6.43. The van der Waals surface area contributed by atoms with Crippen molar-refractivity contribution in [1.29, 1.82) is 0 Å². The van der Waals surface area contributed by atoms with Crippen LogP contribution in [0.1, 0.15) is 0 Å². The minimum absolute atomic E-state index is 0.0873. The van der Waals surface area contributed by atoms with Gasteiger partial charge in [-0.3, -0.25) is 0 Å². The lowest BCUT2D eigenvalue weighted by Gasteiger charge is -2.08. The molecule has 0 radical (unpaired) electrons. The largest absolute Gasteiger partial charge is 0.491 e. The summed E-state index contributed by atoms with van der Waals surface area (Å²) < 4.78 is 16.0. The highest BCUT2D eigenvalue weighted by Gasteiger charge is 2.05. The van der Waals surface area contributed by atoms with Gasteiger partial charge >= 0.3 is 17.5 Å². The Kier molecular flexibility index (Phi) is 5.58. The zero-order valence-electron chi connectivity index (χ0n) is 12.1. The van der Waals surface area contributed by atoms with Crippen molar-refractivity contribution in [2.45, 2.75) is 0 Å². The molecule has 0 unspecified atom stereocenters. The number of rotatable bonds is 8. The van der Waals surface area contributed by atoms with Crippen molar-refractivity contribution in [1.82, 2.24) is 14.8 Å². The second kappa shape index (κ2) is 7.84. The molecule has 0 atom stereocenters. The quantitative estimate of drug-likeness (QED) is 0.551. The predicted octanol–water partition coefficient (Wildman–Crippen LogP) is -0.655. The zero-order valence-corrected chi connectivity index (χ0v) is 12.1. The van der Waals surface area contributed by atoms with Gasteiger partial charge in [-0.15, -0.1) is 0 Å². The molecule has 0 bridgehead atoms. The topological polar surface area (TPSA) is 141 Å². The highest BCUT2D eigenvalue weighted by molar-refractivity contribution is 5.64. The number of benzene rings is 1. The van der Waals surface area contributed by atoms with Crippen LogP contribution in [-0.2, 0) is 9.47 Å². The molecule has 2 rings (SSSR count). The molecule has 23 heavy (non-hydrogen) atoms.